The molecule has 0 saturated carbocycles. The summed E-state index contributed by atoms with van der Waals surface area (Å²) < 4.78 is 0. The van der Waals surface area contributed by atoms with Gasteiger partial charge in [0, 0.05) is 27.2 Å². The first-order chi connectivity index (χ1) is 10.2. The Labute approximate surface area is 141 Å². The van der Waals surface area contributed by atoms with Crippen LogP contribution in [-0.4, -0.2) is 6.54 Å². The largest absolute Gasteiger partial charge is 0.313 e. The highest BCUT2D eigenvalue weighted by Crippen LogP contribution is 2.31. The van der Waals surface area contributed by atoms with Crippen LogP contribution in [0.15, 0.2) is 47.4 Å². The summed E-state index contributed by atoms with van der Waals surface area (Å²) in [6.07, 6.45) is 1.15. The minimum Gasteiger partial charge on any atom is -0.313 e. The summed E-state index contributed by atoms with van der Waals surface area (Å²) in [5.41, 5.74) is 2.30. The Balaban J connectivity index is 1.98. The lowest BCUT2D eigenvalue weighted by Crippen LogP contribution is -2.13. The van der Waals surface area contributed by atoms with Gasteiger partial charge in [0.2, 0.25) is 0 Å². The lowest BCUT2D eigenvalue weighted by Gasteiger charge is -2.08. The van der Waals surface area contributed by atoms with E-state index in [-0.39, 0.29) is 0 Å². The van der Waals surface area contributed by atoms with Crippen LogP contribution >= 0.6 is 35.0 Å². The molecule has 2 aromatic rings. The number of thioether (sulfide) groups is 1. The van der Waals surface area contributed by atoms with Crippen LogP contribution in [-0.2, 0) is 12.3 Å². The molecule has 0 atom stereocenters. The van der Waals surface area contributed by atoms with E-state index in [4.69, 9.17) is 23.2 Å². The van der Waals surface area contributed by atoms with Crippen molar-refractivity contribution in [1.29, 1.82) is 0 Å². The van der Waals surface area contributed by atoms with Gasteiger partial charge in [-0.25, -0.2) is 0 Å². The second-order valence-corrected chi connectivity index (χ2v) is 6.68. The molecule has 2 aromatic carbocycles. The predicted molar refractivity (Wildman–Crippen MR) is 94.5 cm³/mol. The second kappa shape index (κ2) is 8.70. The number of rotatable bonds is 7. The van der Waals surface area contributed by atoms with Gasteiger partial charge in [0.1, 0.15) is 0 Å². The lowest BCUT2D eigenvalue weighted by molar-refractivity contribution is 0.674. The van der Waals surface area contributed by atoms with Crippen molar-refractivity contribution < 1.29 is 0 Å². The monoisotopic (exact) mass is 339 g/mol. The topological polar surface area (TPSA) is 12.0 Å². The zero-order valence-electron chi connectivity index (χ0n) is 12.0. The van der Waals surface area contributed by atoms with Gasteiger partial charge in [0.15, 0.2) is 0 Å². The van der Waals surface area contributed by atoms with E-state index in [0.29, 0.717) is 0 Å². The average Bonchev–Trinajstić information content (AvgIpc) is 2.47. The van der Waals surface area contributed by atoms with Crippen molar-refractivity contribution >= 4 is 35.0 Å². The van der Waals surface area contributed by atoms with Crippen LogP contribution in [0.1, 0.15) is 24.5 Å². The number of halogens is 2. The van der Waals surface area contributed by atoms with E-state index in [0.717, 1.165) is 40.9 Å². The molecule has 4 heteroatoms. The smallest absolute Gasteiger partial charge is 0.0461 e. The molecule has 0 radical (unpaired) electrons. The Morgan fingerprint density at radius 2 is 1.76 bits per heavy atom. The second-order valence-electron chi connectivity index (χ2n) is 4.81. The minimum absolute atomic E-state index is 0.732. The van der Waals surface area contributed by atoms with Gasteiger partial charge < -0.3 is 5.32 Å². The van der Waals surface area contributed by atoms with Crippen molar-refractivity contribution in [3.8, 4) is 0 Å². The third-order valence-corrected chi connectivity index (χ3v) is 4.83. The van der Waals surface area contributed by atoms with Crippen molar-refractivity contribution in [2.45, 2.75) is 30.5 Å². The maximum absolute atomic E-state index is 6.20. The highest BCUT2D eigenvalue weighted by atomic mass is 35.5. The molecular formula is C17H19Cl2NS. The molecule has 0 spiro atoms. The molecule has 1 nitrogen and oxygen atoms in total. The molecule has 0 fully saturated rings. The molecule has 0 aliphatic heterocycles. The van der Waals surface area contributed by atoms with E-state index in [1.807, 2.05) is 18.2 Å². The van der Waals surface area contributed by atoms with Crippen molar-refractivity contribution in [1.82, 2.24) is 5.32 Å². The molecule has 0 unspecified atom stereocenters. The Hall–Kier alpha value is -0.670. The summed E-state index contributed by atoms with van der Waals surface area (Å²) in [6.45, 7) is 4.13. The van der Waals surface area contributed by atoms with E-state index in [1.165, 1.54) is 10.5 Å². The number of hydrogen-bond donors (Lipinski definition) is 1. The fourth-order valence-corrected chi connectivity index (χ4v) is 3.70. The van der Waals surface area contributed by atoms with Gasteiger partial charge in [-0.2, -0.15) is 0 Å². The zero-order valence-corrected chi connectivity index (χ0v) is 14.4. The highest BCUT2D eigenvalue weighted by Gasteiger charge is 2.06. The summed E-state index contributed by atoms with van der Waals surface area (Å²) >= 11 is 14.2. The van der Waals surface area contributed by atoms with Gasteiger partial charge in [-0.3, -0.25) is 0 Å². The Morgan fingerprint density at radius 1 is 1.05 bits per heavy atom. The van der Waals surface area contributed by atoms with Crippen LogP contribution in [0.25, 0.3) is 0 Å². The molecule has 0 heterocycles. The molecule has 0 aliphatic carbocycles. The predicted octanol–water partition coefficient (Wildman–Crippen LogP) is 5.79. The summed E-state index contributed by atoms with van der Waals surface area (Å²) in [6, 6.07) is 14.2. The quantitative estimate of drug-likeness (QED) is 0.506. The van der Waals surface area contributed by atoms with Gasteiger partial charge in [-0.05, 0) is 48.4 Å². The summed E-state index contributed by atoms with van der Waals surface area (Å²) in [4.78, 5) is 1.24. The van der Waals surface area contributed by atoms with Gasteiger partial charge in [-0.15, -0.1) is 11.8 Å². The molecule has 2 rings (SSSR count). The van der Waals surface area contributed by atoms with Crippen LogP contribution in [0.4, 0.5) is 0 Å². The van der Waals surface area contributed by atoms with Crippen molar-refractivity contribution in [3.63, 3.8) is 0 Å². The first-order valence-corrected chi connectivity index (χ1v) is 8.80. The van der Waals surface area contributed by atoms with Gasteiger partial charge >= 0.3 is 0 Å². The summed E-state index contributed by atoms with van der Waals surface area (Å²) in [7, 11) is 0. The van der Waals surface area contributed by atoms with E-state index < -0.39 is 0 Å². The molecule has 0 bridgehead atoms. The maximum atomic E-state index is 6.20. The van der Waals surface area contributed by atoms with E-state index >= 15 is 0 Å². The molecule has 1 N–H and O–H groups in total. The molecule has 0 saturated heterocycles. The lowest BCUT2D eigenvalue weighted by atomic mass is 10.2. The average molecular weight is 340 g/mol. The third kappa shape index (κ3) is 5.23. The molecule has 0 amide bonds. The molecule has 112 valence electrons. The number of nitrogens with one attached hydrogen (secondary N) is 1. The van der Waals surface area contributed by atoms with E-state index in [1.54, 1.807) is 11.8 Å². The molecule has 0 aliphatic rings. The first kappa shape index (κ1) is 16.7. The van der Waals surface area contributed by atoms with Crippen LogP contribution in [0, 0.1) is 0 Å². The fourth-order valence-electron chi connectivity index (χ4n) is 1.98. The Kier molecular flexibility index (Phi) is 6.91. The standard InChI is InChI=1S/C17H19Cl2NS/c1-2-9-20-11-13-5-3-6-14(10-13)21-12-15-16(18)7-4-8-17(15)19/h3-8,10,20H,2,9,11-12H2,1H3. The first-order valence-electron chi connectivity index (χ1n) is 7.06. The van der Waals surface area contributed by atoms with Gasteiger partial charge in [0.25, 0.3) is 0 Å². The number of benzene rings is 2. The SMILES string of the molecule is CCCNCc1cccc(SCc2c(Cl)cccc2Cl)c1. The van der Waals surface area contributed by atoms with Crippen molar-refractivity contribution in [2.24, 2.45) is 0 Å². The molecular weight excluding hydrogens is 321 g/mol. The van der Waals surface area contributed by atoms with Crippen LogP contribution in [0.2, 0.25) is 10.0 Å². The highest BCUT2D eigenvalue weighted by molar-refractivity contribution is 7.98. The Morgan fingerprint density at radius 3 is 2.48 bits per heavy atom. The van der Waals surface area contributed by atoms with E-state index in [9.17, 15) is 0 Å². The maximum Gasteiger partial charge on any atom is 0.0461 e. The zero-order chi connectivity index (χ0) is 15.1. The van der Waals surface area contributed by atoms with Crippen LogP contribution in [0.5, 0.6) is 0 Å². The Bertz CT molecular complexity index is 567. The minimum atomic E-state index is 0.732. The van der Waals surface area contributed by atoms with E-state index in [2.05, 4.69) is 36.5 Å². The van der Waals surface area contributed by atoms with Gasteiger partial charge in [0.05, 0.1) is 0 Å². The van der Waals surface area contributed by atoms with Gasteiger partial charge in [-0.1, -0.05) is 48.3 Å². The summed E-state index contributed by atoms with van der Waals surface area (Å²) in [5.74, 6) is 0.782. The van der Waals surface area contributed by atoms with Crippen molar-refractivity contribution in [3.05, 3.63) is 63.6 Å². The normalized spacial score (nSPS) is 10.8. The number of hydrogen-bond acceptors (Lipinski definition) is 2. The van der Waals surface area contributed by atoms with Crippen LogP contribution in [0.3, 0.4) is 0 Å². The van der Waals surface area contributed by atoms with Crippen LogP contribution < -0.4 is 5.32 Å². The molecule has 0 aromatic heterocycles. The fraction of sp³-hybridized carbons (Fsp3) is 0.294. The van der Waals surface area contributed by atoms with Crippen molar-refractivity contribution in [2.75, 3.05) is 6.54 Å². The molecule has 21 heavy (non-hydrogen) atoms. The third-order valence-electron chi connectivity index (χ3n) is 3.10. The summed E-state index contributed by atoms with van der Waals surface area (Å²) in [5, 5.41) is 4.88.